The fourth-order valence-electron chi connectivity index (χ4n) is 1.41. The van der Waals surface area contributed by atoms with Crippen LogP contribution in [0.4, 0.5) is 11.4 Å². The Morgan fingerprint density at radius 3 is 2.35 bits per heavy atom. The molecule has 1 aromatic rings. The number of anilines is 2. The third kappa shape index (κ3) is 5.49. The molecule has 1 rings (SSSR count). The molecule has 3 N–H and O–H groups in total. The lowest BCUT2D eigenvalue weighted by Crippen LogP contribution is -2.37. The van der Waals surface area contributed by atoms with Gasteiger partial charge < -0.3 is 20.7 Å². The van der Waals surface area contributed by atoms with Crippen LogP contribution in [0, 0.1) is 0 Å². The SMILES string of the molecule is COCCNC(=O)C(=O)Nc1cccc(NC(C)=O)c1. The summed E-state index contributed by atoms with van der Waals surface area (Å²) in [4.78, 5) is 34.0. The van der Waals surface area contributed by atoms with Crippen molar-refractivity contribution >= 4 is 29.1 Å². The summed E-state index contributed by atoms with van der Waals surface area (Å²) >= 11 is 0. The van der Waals surface area contributed by atoms with Gasteiger partial charge in [-0.05, 0) is 18.2 Å². The second-order valence-corrected chi connectivity index (χ2v) is 3.96. The molecule has 0 saturated carbocycles. The molecule has 0 radical (unpaired) electrons. The van der Waals surface area contributed by atoms with E-state index in [-0.39, 0.29) is 12.5 Å². The number of nitrogens with one attached hydrogen (secondary N) is 3. The first-order valence-corrected chi connectivity index (χ1v) is 5.98. The van der Waals surface area contributed by atoms with Crippen LogP contribution in [0.25, 0.3) is 0 Å². The van der Waals surface area contributed by atoms with Crippen molar-refractivity contribution in [3.63, 3.8) is 0 Å². The number of benzene rings is 1. The molecule has 0 spiro atoms. The van der Waals surface area contributed by atoms with Gasteiger partial charge in [-0.3, -0.25) is 14.4 Å². The highest BCUT2D eigenvalue weighted by Crippen LogP contribution is 2.14. The Morgan fingerprint density at radius 2 is 1.75 bits per heavy atom. The van der Waals surface area contributed by atoms with E-state index in [1.54, 1.807) is 24.3 Å². The van der Waals surface area contributed by atoms with Crippen LogP contribution in [-0.4, -0.2) is 38.0 Å². The molecule has 0 aliphatic carbocycles. The van der Waals surface area contributed by atoms with Gasteiger partial charge in [0.15, 0.2) is 0 Å². The Hall–Kier alpha value is -2.41. The summed E-state index contributed by atoms with van der Waals surface area (Å²) < 4.78 is 4.76. The molecule has 1 aromatic carbocycles. The van der Waals surface area contributed by atoms with E-state index in [0.717, 1.165) is 0 Å². The number of amides is 3. The lowest BCUT2D eigenvalue weighted by molar-refractivity contribution is -0.136. The molecule has 20 heavy (non-hydrogen) atoms. The van der Waals surface area contributed by atoms with Crippen molar-refractivity contribution in [2.45, 2.75) is 6.92 Å². The maximum atomic E-state index is 11.6. The molecule has 0 aliphatic rings. The summed E-state index contributed by atoms with van der Waals surface area (Å²) in [5.74, 6) is -1.74. The lowest BCUT2D eigenvalue weighted by Gasteiger charge is -2.08. The highest BCUT2D eigenvalue weighted by Gasteiger charge is 2.13. The fraction of sp³-hybridized carbons (Fsp3) is 0.308. The number of carbonyl (C=O) groups is 3. The van der Waals surface area contributed by atoms with Crippen LogP contribution in [0.15, 0.2) is 24.3 Å². The minimum atomic E-state index is -0.777. The van der Waals surface area contributed by atoms with E-state index in [1.165, 1.54) is 14.0 Å². The minimum absolute atomic E-state index is 0.217. The molecule has 0 aliphatic heterocycles. The number of hydrogen-bond acceptors (Lipinski definition) is 4. The smallest absolute Gasteiger partial charge is 0.313 e. The van der Waals surface area contributed by atoms with Gasteiger partial charge in [-0.2, -0.15) is 0 Å². The predicted octanol–water partition coefficient (Wildman–Crippen LogP) is 0.346. The maximum absolute atomic E-state index is 11.6. The Bertz CT molecular complexity index is 502. The summed E-state index contributed by atoms with van der Waals surface area (Å²) in [6.07, 6.45) is 0. The topological polar surface area (TPSA) is 96.5 Å². The molecule has 108 valence electrons. The van der Waals surface area contributed by atoms with E-state index < -0.39 is 11.8 Å². The van der Waals surface area contributed by atoms with Gasteiger partial charge in [-0.25, -0.2) is 0 Å². The van der Waals surface area contributed by atoms with E-state index in [9.17, 15) is 14.4 Å². The van der Waals surface area contributed by atoms with E-state index in [1.807, 2.05) is 0 Å². The first-order valence-electron chi connectivity index (χ1n) is 5.98. The van der Waals surface area contributed by atoms with Gasteiger partial charge >= 0.3 is 11.8 Å². The molecule has 0 atom stereocenters. The quantitative estimate of drug-likeness (QED) is 0.535. The van der Waals surface area contributed by atoms with Gasteiger partial charge in [-0.1, -0.05) is 6.07 Å². The van der Waals surface area contributed by atoms with Gasteiger partial charge in [0.25, 0.3) is 0 Å². The van der Waals surface area contributed by atoms with Crippen LogP contribution in [0.5, 0.6) is 0 Å². The van der Waals surface area contributed by atoms with E-state index >= 15 is 0 Å². The van der Waals surface area contributed by atoms with Crippen molar-refractivity contribution < 1.29 is 19.1 Å². The highest BCUT2D eigenvalue weighted by molar-refractivity contribution is 6.39. The summed E-state index contributed by atoms with van der Waals surface area (Å²) in [6, 6.07) is 6.51. The van der Waals surface area contributed by atoms with E-state index in [0.29, 0.717) is 18.0 Å². The molecule has 0 bridgehead atoms. The average molecular weight is 279 g/mol. The molecular weight excluding hydrogens is 262 g/mol. The van der Waals surface area contributed by atoms with Crippen molar-refractivity contribution in [2.24, 2.45) is 0 Å². The zero-order valence-electron chi connectivity index (χ0n) is 11.4. The zero-order valence-corrected chi connectivity index (χ0v) is 11.4. The Morgan fingerprint density at radius 1 is 1.10 bits per heavy atom. The maximum Gasteiger partial charge on any atom is 0.313 e. The second-order valence-electron chi connectivity index (χ2n) is 3.96. The van der Waals surface area contributed by atoms with Gasteiger partial charge in [0.05, 0.1) is 6.61 Å². The standard InChI is InChI=1S/C13H17N3O4/c1-9(17)15-10-4-3-5-11(8-10)16-13(19)12(18)14-6-7-20-2/h3-5,8H,6-7H2,1-2H3,(H,14,18)(H,15,17)(H,16,19). The summed E-state index contributed by atoms with van der Waals surface area (Å²) in [5.41, 5.74) is 0.957. The van der Waals surface area contributed by atoms with Crippen LogP contribution < -0.4 is 16.0 Å². The molecule has 0 aromatic heterocycles. The third-order valence-electron chi connectivity index (χ3n) is 2.24. The van der Waals surface area contributed by atoms with E-state index in [2.05, 4.69) is 16.0 Å². The van der Waals surface area contributed by atoms with Crippen LogP contribution in [0.2, 0.25) is 0 Å². The molecule has 7 nitrogen and oxygen atoms in total. The zero-order chi connectivity index (χ0) is 15.0. The van der Waals surface area contributed by atoms with Crippen molar-refractivity contribution in [3.8, 4) is 0 Å². The number of methoxy groups -OCH3 is 1. The van der Waals surface area contributed by atoms with Crippen LogP contribution in [0.1, 0.15) is 6.92 Å². The minimum Gasteiger partial charge on any atom is -0.383 e. The third-order valence-corrected chi connectivity index (χ3v) is 2.24. The van der Waals surface area contributed by atoms with Crippen molar-refractivity contribution in [1.29, 1.82) is 0 Å². The number of ether oxygens (including phenoxy) is 1. The van der Waals surface area contributed by atoms with Crippen molar-refractivity contribution in [2.75, 3.05) is 30.9 Å². The predicted molar refractivity (Wildman–Crippen MR) is 74.3 cm³/mol. The molecule has 0 fully saturated rings. The lowest BCUT2D eigenvalue weighted by atomic mass is 10.2. The van der Waals surface area contributed by atoms with E-state index in [4.69, 9.17) is 4.74 Å². The normalized spacial score (nSPS) is 9.70. The summed E-state index contributed by atoms with van der Waals surface area (Å²) in [5, 5.41) is 7.43. The average Bonchev–Trinajstić information content (AvgIpc) is 2.38. The Balaban J connectivity index is 2.57. The molecule has 0 unspecified atom stereocenters. The monoisotopic (exact) mass is 279 g/mol. The molecule has 7 heteroatoms. The number of hydrogen-bond donors (Lipinski definition) is 3. The van der Waals surface area contributed by atoms with Crippen LogP contribution in [-0.2, 0) is 19.1 Å². The van der Waals surface area contributed by atoms with Crippen LogP contribution >= 0.6 is 0 Å². The second kappa shape index (κ2) is 7.90. The van der Waals surface area contributed by atoms with Gasteiger partial charge in [-0.15, -0.1) is 0 Å². The van der Waals surface area contributed by atoms with Crippen molar-refractivity contribution in [3.05, 3.63) is 24.3 Å². The first kappa shape index (κ1) is 15.6. The summed E-state index contributed by atoms with van der Waals surface area (Å²) in [6.45, 7) is 1.97. The first-order chi connectivity index (χ1) is 9.52. The number of carbonyl (C=O) groups excluding carboxylic acids is 3. The molecule has 0 saturated heterocycles. The van der Waals surface area contributed by atoms with Gasteiger partial charge in [0.2, 0.25) is 5.91 Å². The fourth-order valence-corrected chi connectivity index (χ4v) is 1.41. The van der Waals surface area contributed by atoms with Gasteiger partial charge in [0.1, 0.15) is 0 Å². The van der Waals surface area contributed by atoms with Crippen LogP contribution in [0.3, 0.4) is 0 Å². The summed E-state index contributed by atoms with van der Waals surface area (Å²) in [7, 11) is 1.50. The highest BCUT2D eigenvalue weighted by atomic mass is 16.5. The van der Waals surface area contributed by atoms with Gasteiger partial charge in [0, 0.05) is 32.0 Å². The molecule has 3 amide bonds. The van der Waals surface area contributed by atoms with Crippen molar-refractivity contribution in [1.82, 2.24) is 5.32 Å². The Kier molecular flexibility index (Phi) is 6.18. The largest absolute Gasteiger partial charge is 0.383 e. The Labute approximate surface area is 116 Å². The molecule has 0 heterocycles. The molecular formula is C13H17N3O4. The number of rotatable bonds is 5.